The minimum atomic E-state index is -0.245. The first-order chi connectivity index (χ1) is 9.56. The van der Waals surface area contributed by atoms with Crippen molar-refractivity contribution in [2.45, 2.75) is 32.6 Å². The van der Waals surface area contributed by atoms with Gasteiger partial charge in [0.05, 0.1) is 5.69 Å². The Balaban J connectivity index is 2.19. The number of hydrogen-bond donors (Lipinski definition) is 3. The van der Waals surface area contributed by atoms with Gasteiger partial charge < -0.3 is 16.4 Å². The standard InChI is InChI=1S/C14H20N4OS/c1-3-14(5-4-6-14)8-18-13-9(7-15)10(16)11(20-13)12(19)17-2/h18H,3-6,8,16H2,1-2H3,(H,17,19). The predicted octanol–water partition coefficient (Wildman–Crippen LogP) is 2.55. The fourth-order valence-electron chi connectivity index (χ4n) is 2.56. The second-order valence-corrected chi connectivity index (χ2v) is 6.32. The number of nitrogens with zero attached hydrogens (tertiary/aromatic N) is 1. The van der Waals surface area contributed by atoms with Gasteiger partial charge in [0.15, 0.2) is 0 Å². The third kappa shape index (κ3) is 2.46. The maximum absolute atomic E-state index is 11.7. The second kappa shape index (κ2) is 5.71. The minimum absolute atomic E-state index is 0.245. The fourth-order valence-corrected chi connectivity index (χ4v) is 3.57. The van der Waals surface area contributed by atoms with E-state index in [9.17, 15) is 10.1 Å². The van der Waals surface area contributed by atoms with Crippen LogP contribution in [0.4, 0.5) is 10.7 Å². The number of hydrogen-bond acceptors (Lipinski definition) is 5. The molecule has 0 aliphatic heterocycles. The summed E-state index contributed by atoms with van der Waals surface area (Å²) in [5, 5.41) is 15.8. The van der Waals surface area contributed by atoms with Crippen molar-refractivity contribution in [2.24, 2.45) is 5.41 Å². The van der Waals surface area contributed by atoms with Crippen molar-refractivity contribution in [1.29, 1.82) is 5.26 Å². The van der Waals surface area contributed by atoms with Crippen LogP contribution in [0, 0.1) is 16.7 Å². The molecular formula is C14H20N4OS. The van der Waals surface area contributed by atoms with Gasteiger partial charge in [-0.15, -0.1) is 11.3 Å². The van der Waals surface area contributed by atoms with Crippen molar-refractivity contribution in [1.82, 2.24) is 5.32 Å². The van der Waals surface area contributed by atoms with Gasteiger partial charge in [0.25, 0.3) is 5.91 Å². The molecule has 6 heteroatoms. The van der Waals surface area contributed by atoms with E-state index in [1.807, 2.05) is 0 Å². The van der Waals surface area contributed by atoms with Crippen LogP contribution < -0.4 is 16.4 Å². The normalized spacial score (nSPS) is 16.1. The molecule has 0 saturated heterocycles. The molecule has 1 fully saturated rings. The zero-order valence-electron chi connectivity index (χ0n) is 11.9. The average molecular weight is 292 g/mol. The maximum atomic E-state index is 11.7. The molecule has 4 N–H and O–H groups in total. The molecule has 1 saturated carbocycles. The van der Waals surface area contributed by atoms with Crippen LogP contribution >= 0.6 is 11.3 Å². The van der Waals surface area contributed by atoms with E-state index in [2.05, 4.69) is 23.6 Å². The first-order valence-corrected chi connectivity index (χ1v) is 7.67. The Morgan fingerprint density at radius 2 is 2.25 bits per heavy atom. The maximum Gasteiger partial charge on any atom is 0.263 e. The smallest absolute Gasteiger partial charge is 0.263 e. The molecule has 0 spiro atoms. The fraction of sp³-hybridized carbons (Fsp3) is 0.571. The molecule has 1 aromatic heterocycles. The highest BCUT2D eigenvalue weighted by atomic mass is 32.1. The SMILES string of the molecule is CCC1(CNc2sc(C(=O)NC)c(N)c2C#N)CCC1. The number of nitrogens with one attached hydrogen (secondary N) is 2. The van der Waals surface area contributed by atoms with Gasteiger partial charge in [-0.25, -0.2) is 0 Å². The summed E-state index contributed by atoms with van der Waals surface area (Å²) in [6, 6.07) is 2.10. The van der Waals surface area contributed by atoms with E-state index in [0.717, 1.165) is 13.0 Å². The molecule has 108 valence electrons. The number of nitrogen functional groups attached to an aromatic ring is 1. The lowest BCUT2D eigenvalue weighted by Gasteiger charge is -2.41. The number of thiophene rings is 1. The van der Waals surface area contributed by atoms with Crippen LogP contribution in [-0.4, -0.2) is 19.5 Å². The molecule has 0 aromatic carbocycles. The lowest BCUT2D eigenvalue weighted by atomic mass is 9.67. The van der Waals surface area contributed by atoms with Crippen LogP contribution in [0.2, 0.25) is 0 Å². The third-order valence-corrected chi connectivity index (χ3v) is 5.44. The molecule has 20 heavy (non-hydrogen) atoms. The van der Waals surface area contributed by atoms with Gasteiger partial charge >= 0.3 is 0 Å². The van der Waals surface area contributed by atoms with Crippen molar-refractivity contribution in [3.63, 3.8) is 0 Å². The van der Waals surface area contributed by atoms with E-state index < -0.39 is 0 Å². The molecule has 5 nitrogen and oxygen atoms in total. The third-order valence-electron chi connectivity index (χ3n) is 4.28. The van der Waals surface area contributed by atoms with Crippen LogP contribution in [0.5, 0.6) is 0 Å². The minimum Gasteiger partial charge on any atom is -0.396 e. The van der Waals surface area contributed by atoms with Crippen LogP contribution in [0.25, 0.3) is 0 Å². The highest BCUT2D eigenvalue weighted by molar-refractivity contribution is 7.18. The van der Waals surface area contributed by atoms with E-state index in [0.29, 0.717) is 20.9 Å². The van der Waals surface area contributed by atoms with Gasteiger partial charge in [0, 0.05) is 13.6 Å². The highest BCUT2D eigenvalue weighted by Crippen LogP contribution is 2.44. The van der Waals surface area contributed by atoms with Crippen molar-refractivity contribution in [2.75, 3.05) is 24.6 Å². The lowest BCUT2D eigenvalue weighted by Crippen LogP contribution is -2.35. The van der Waals surface area contributed by atoms with Crippen molar-refractivity contribution in [3.8, 4) is 6.07 Å². The topological polar surface area (TPSA) is 90.9 Å². The number of anilines is 2. The Kier molecular flexibility index (Phi) is 4.19. The summed E-state index contributed by atoms with van der Waals surface area (Å²) in [5.41, 5.74) is 6.91. The van der Waals surface area contributed by atoms with E-state index in [4.69, 9.17) is 5.73 Å². The van der Waals surface area contributed by atoms with E-state index in [-0.39, 0.29) is 11.6 Å². The molecule has 1 aliphatic carbocycles. The zero-order chi connectivity index (χ0) is 14.8. The number of amides is 1. The Morgan fingerprint density at radius 1 is 1.55 bits per heavy atom. The molecule has 0 radical (unpaired) electrons. The number of carbonyl (C=O) groups excluding carboxylic acids is 1. The molecule has 0 atom stereocenters. The Hall–Kier alpha value is -1.74. The summed E-state index contributed by atoms with van der Waals surface area (Å²) in [6.45, 7) is 3.04. The largest absolute Gasteiger partial charge is 0.396 e. The van der Waals surface area contributed by atoms with Gasteiger partial charge in [-0.2, -0.15) is 5.26 Å². The Labute approximate surface area is 123 Å². The number of carbonyl (C=O) groups is 1. The first-order valence-electron chi connectivity index (χ1n) is 6.85. The van der Waals surface area contributed by atoms with Crippen molar-refractivity contribution >= 4 is 27.9 Å². The Bertz CT molecular complexity index is 549. The van der Waals surface area contributed by atoms with Gasteiger partial charge in [-0.05, 0) is 24.7 Å². The second-order valence-electron chi connectivity index (χ2n) is 5.30. The van der Waals surface area contributed by atoms with Crippen molar-refractivity contribution < 1.29 is 4.79 Å². The summed E-state index contributed by atoms with van der Waals surface area (Å²) >= 11 is 1.26. The monoisotopic (exact) mass is 292 g/mol. The number of rotatable bonds is 5. The summed E-state index contributed by atoms with van der Waals surface area (Å²) in [7, 11) is 1.56. The molecular weight excluding hydrogens is 272 g/mol. The van der Waals surface area contributed by atoms with Gasteiger partial charge in [-0.1, -0.05) is 13.3 Å². The van der Waals surface area contributed by atoms with Crippen LogP contribution in [0.3, 0.4) is 0 Å². The summed E-state index contributed by atoms with van der Waals surface area (Å²) < 4.78 is 0. The lowest BCUT2D eigenvalue weighted by molar-refractivity contribution is 0.0968. The molecule has 0 bridgehead atoms. The molecule has 1 heterocycles. The summed E-state index contributed by atoms with van der Waals surface area (Å²) in [6.07, 6.45) is 4.85. The van der Waals surface area contributed by atoms with Gasteiger partial charge in [0.2, 0.25) is 0 Å². The Morgan fingerprint density at radius 3 is 2.70 bits per heavy atom. The van der Waals surface area contributed by atoms with Gasteiger partial charge in [0.1, 0.15) is 21.5 Å². The van der Waals surface area contributed by atoms with Gasteiger partial charge in [-0.3, -0.25) is 4.79 Å². The highest BCUT2D eigenvalue weighted by Gasteiger charge is 2.35. The van der Waals surface area contributed by atoms with E-state index >= 15 is 0 Å². The molecule has 1 aliphatic rings. The predicted molar refractivity (Wildman–Crippen MR) is 81.9 cm³/mol. The molecule has 1 amide bonds. The molecule has 2 rings (SSSR count). The number of nitrogens with two attached hydrogens (primary N) is 1. The van der Waals surface area contributed by atoms with Crippen LogP contribution in [-0.2, 0) is 0 Å². The van der Waals surface area contributed by atoms with E-state index in [1.165, 1.54) is 30.6 Å². The van der Waals surface area contributed by atoms with Crippen molar-refractivity contribution in [3.05, 3.63) is 10.4 Å². The summed E-state index contributed by atoms with van der Waals surface area (Å²) in [5.74, 6) is -0.245. The van der Waals surface area contributed by atoms with Crippen LogP contribution in [0.15, 0.2) is 0 Å². The average Bonchev–Trinajstić information content (AvgIpc) is 2.73. The molecule has 0 unspecified atom stereocenters. The first kappa shape index (κ1) is 14.7. The van der Waals surface area contributed by atoms with Crippen LogP contribution in [0.1, 0.15) is 47.8 Å². The van der Waals surface area contributed by atoms with E-state index in [1.54, 1.807) is 7.05 Å². The quantitative estimate of drug-likeness (QED) is 0.778. The number of nitriles is 1. The molecule has 1 aromatic rings. The zero-order valence-corrected chi connectivity index (χ0v) is 12.7. The summed E-state index contributed by atoms with van der Waals surface area (Å²) in [4.78, 5) is 12.1.